The molecule has 0 aliphatic carbocycles. The Morgan fingerprint density at radius 3 is 2.33 bits per heavy atom. The molecule has 1 aliphatic heterocycles. The van der Waals surface area contributed by atoms with Gasteiger partial charge in [-0.05, 0) is 6.92 Å². The van der Waals surface area contributed by atoms with Crippen LogP contribution in [0.15, 0.2) is 0 Å². The van der Waals surface area contributed by atoms with Gasteiger partial charge in [-0.1, -0.05) is 0 Å². The fourth-order valence-corrected chi connectivity index (χ4v) is 0.988. The molecular weight excluding hydrogens is 116 g/mol. The summed E-state index contributed by atoms with van der Waals surface area (Å²) in [4.78, 5) is 1.97. The zero-order valence-electron chi connectivity index (χ0n) is 5.72. The van der Waals surface area contributed by atoms with Crippen LogP contribution in [0.25, 0.3) is 0 Å². The van der Waals surface area contributed by atoms with E-state index in [1.165, 1.54) is 0 Å². The van der Waals surface area contributed by atoms with E-state index in [2.05, 4.69) is 5.32 Å². The second kappa shape index (κ2) is 3.15. The average Bonchev–Trinajstić information content (AvgIpc) is 1.90. The lowest BCUT2D eigenvalue weighted by atomic mass is 10.3. The number of hydrogen-bond donors (Lipinski definition) is 2. The molecule has 2 N–H and O–H groups in total. The maximum atomic E-state index is 8.99. The number of aliphatic hydroxyl groups excluding tert-OH is 1. The molecule has 0 amide bonds. The Morgan fingerprint density at radius 1 is 1.44 bits per heavy atom. The largest absolute Gasteiger partial charge is 0.371 e. The van der Waals surface area contributed by atoms with Crippen molar-refractivity contribution >= 4 is 0 Å². The summed E-state index contributed by atoms with van der Waals surface area (Å²) in [5, 5.41) is 12.2. The molecule has 0 bridgehead atoms. The van der Waals surface area contributed by atoms with E-state index in [0.29, 0.717) is 6.23 Å². The molecule has 0 saturated carbocycles. The molecule has 0 atom stereocenters. The summed E-state index contributed by atoms with van der Waals surface area (Å²) in [6, 6.07) is 0. The summed E-state index contributed by atoms with van der Waals surface area (Å²) in [5.41, 5.74) is 0. The zero-order valence-corrected chi connectivity index (χ0v) is 5.72. The van der Waals surface area contributed by atoms with Gasteiger partial charge in [0, 0.05) is 26.2 Å². The Balaban J connectivity index is 2.23. The van der Waals surface area contributed by atoms with Crippen LogP contribution in [0, 0.1) is 6.23 Å². The molecule has 1 rings (SSSR count). The van der Waals surface area contributed by atoms with E-state index >= 15 is 0 Å². The minimum Gasteiger partial charge on any atom is -0.371 e. The van der Waals surface area contributed by atoms with Gasteiger partial charge in [-0.15, -0.1) is 0 Å². The third kappa shape index (κ3) is 1.93. The Labute approximate surface area is 55.7 Å². The first-order chi connectivity index (χ1) is 4.30. The van der Waals surface area contributed by atoms with Crippen molar-refractivity contribution in [3.8, 4) is 0 Å². The van der Waals surface area contributed by atoms with Gasteiger partial charge in [0.2, 0.25) is 0 Å². The number of piperazine rings is 1. The molecule has 1 fully saturated rings. The van der Waals surface area contributed by atoms with Gasteiger partial charge in [0.1, 0.15) is 0 Å². The molecule has 3 nitrogen and oxygen atoms in total. The van der Waals surface area contributed by atoms with Crippen molar-refractivity contribution in [2.45, 2.75) is 6.92 Å². The predicted molar refractivity (Wildman–Crippen MR) is 35.3 cm³/mol. The van der Waals surface area contributed by atoms with Crippen molar-refractivity contribution in [3.05, 3.63) is 6.23 Å². The second-order valence-electron chi connectivity index (χ2n) is 2.28. The summed E-state index contributed by atoms with van der Waals surface area (Å²) in [6.07, 6.45) is 0.441. The van der Waals surface area contributed by atoms with Crippen LogP contribution in [-0.2, 0) is 0 Å². The summed E-state index contributed by atoms with van der Waals surface area (Å²) >= 11 is 0. The Morgan fingerprint density at radius 2 is 2.00 bits per heavy atom. The molecule has 3 heteroatoms. The molecule has 1 radical (unpaired) electrons. The lowest BCUT2D eigenvalue weighted by Crippen LogP contribution is -2.44. The van der Waals surface area contributed by atoms with E-state index in [1.54, 1.807) is 6.92 Å². The molecule has 1 aliphatic rings. The average molecular weight is 129 g/mol. The summed E-state index contributed by atoms with van der Waals surface area (Å²) in [7, 11) is 0. The van der Waals surface area contributed by atoms with Crippen LogP contribution in [0.1, 0.15) is 6.92 Å². The van der Waals surface area contributed by atoms with E-state index in [-0.39, 0.29) is 0 Å². The van der Waals surface area contributed by atoms with E-state index < -0.39 is 0 Å². The molecular formula is C6H13N2O. The van der Waals surface area contributed by atoms with Gasteiger partial charge < -0.3 is 10.4 Å². The van der Waals surface area contributed by atoms with Gasteiger partial charge in [0.05, 0.1) is 0 Å². The topological polar surface area (TPSA) is 35.5 Å². The summed E-state index contributed by atoms with van der Waals surface area (Å²) in [6.45, 7) is 5.56. The van der Waals surface area contributed by atoms with Crippen LogP contribution >= 0.6 is 0 Å². The normalized spacial score (nSPS) is 23.0. The Hall–Kier alpha value is -0.120. The van der Waals surface area contributed by atoms with Crippen molar-refractivity contribution < 1.29 is 5.11 Å². The Bertz CT molecular complexity index is 79.1. The van der Waals surface area contributed by atoms with Crippen LogP contribution in [0.5, 0.6) is 0 Å². The monoisotopic (exact) mass is 129 g/mol. The van der Waals surface area contributed by atoms with Gasteiger partial charge in [-0.25, -0.2) is 0 Å². The lowest BCUT2D eigenvalue weighted by molar-refractivity contribution is 0.108. The number of hydrogen-bond acceptors (Lipinski definition) is 3. The van der Waals surface area contributed by atoms with E-state index in [0.717, 1.165) is 26.2 Å². The molecule has 53 valence electrons. The first-order valence-electron chi connectivity index (χ1n) is 3.29. The van der Waals surface area contributed by atoms with Gasteiger partial charge in [0.25, 0.3) is 0 Å². The third-order valence-corrected chi connectivity index (χ3v) is 1.57. The van der Waals surface area contributed by atoms with Crippen LogP contribution in [0.2, 0.25) is 0 Å². The SMILES string of the molecule is C[C](O)N1CCNCC1. The number of nitrogens with zero attached hydrogens (tertiary/aromatic N) is 1. The van der Waals surface area contributed by atoms with E-state index in [9.17, 15) is 0 Å². The van der Waals surface area contributed by atoms with Gasteiger partial charge in [-0.2, -0.15) is 0 Å². The molecule has 1 saturated heterocycles. The fourth-order valence-electron chi connectivity index (χ4n) is 0.988. The third-order valence-electron chi connectivity index (χ3n) is 1.57. The van der Waals surface area contributed by atoms with Crippen molar-refractivity contribution in [3.63, 3.8) is 0 Å². The minimum atomic E-state index is 0.441. The molecule has 0 aromatic rings. The zero-order chi connectivity index (χ0) is 6.69. The standard InChI is InChI=1S/C6H13N2O/c1-6(9)8-4-2-7-3-5-8/h7,9H,2-5H2,1H3. The van der Waals surface area contributed by atoms with Crippen LogP contribution in [0.4, 0.5) is 0 Å². The number of aliphatic hydroxyl groups is 1. The van der Waals surface area contributed by atoms with Crippen molar-refractivity contribution in [2.75, 3.05) is 26.2 Å². The van der Waals surface area contributed by atoms with Crippen LogP contribution in [-0.4, -0.2) is 36.2 Å². The van der Waals surface area contributed by atoms with E-state index in [1.807, 2.05) is 4.90 Å². The molecule has 0 unspecified atom stereocenters. The summed E-state index contributed by atoms with van der Waals surface area (Å²) in [5.74, 6) is 0. The van der Waals surface area contributed by atoms with E-state index in [4.69, 9.17) is 5.11 Å². The quantitative estimate of drug-likeness (QED) is 0.513. The van der Waals surface area contributed by atoms with Gasteiger partial charge in [-0.3, -0.25) is 4.90 Å². The van der Waals surface area contributed by atoms with Gasteiger partial charge >= 0.3 is 0 Å². The van der Waals surface area contributed by atoms with Crippen LogP contribution in [0.3, 0.4) is 0 Å². The minimum absolute atomic E-state index is 0.441. The van der Waals surface area contributed by atoms with Crippen molar-refractivity contribution in [1.82, 2.24) is 10.2 Å². The first kappa shape index (κ1) is 6.99. The predicted octanol–water partition coefficient (Wildman–Crippen LogP) is -0.227. The highest BCUT2D eigenvalue weighted by Gasteiger charge is 2.13. The Kier molecular flexibility index (Phi) is 2.45. The molecule has 0 aromatic carbocycles. The highest BCUT2D eigenvalue weighted by Crippen LogP contribution is 2.02. The van der Waals surface area contributed by atoms with Crippen molar-refractivity contribution in [1.29, 1.82) is 0 Å². The molecule has 0 aromatic heterocycles. The molecule has 1 heterocycles. The molecule has 9 heavy (non-hydrogen) atoms. The molecule has 0 spiro atoms. The van der Waals surface area contributed by atoms with Crippen molar-refractivity contribution in [2.24, 2.45) is 0 Å². The maximum absolute atomic E-state index is 8.99. The second-order valence-corrected chi connectivity index (χ2v) is 2.28. The highest BCUT2D eigenvalue weighted by atomic mass is 16.3. The maximum Gasteiger partial charge on any atom is 0.158 e. The first-order valence-corrected chi connectivity index (χ1v) is 3.29. The summed E-state index contributed by atoms with van der Waals surface area (Å²) < 4.78 is 0. The lowest BCUT2D eigenvalue weighted by Gasteiger charge is -2.28. The highest BCUT2D eigenvalue weighted by molar-refractivity contribution is 4.76. The smallest absolute Gasteiger partial charge is 0.158 e. The van der Waals surface area contributed by atoms with Crippen LogP contribution < -0.4 is 5.32 Å². The number of nitrogens with one attached hydrogen (secondary N) is 1. The fraction of sp³-hybridized carbons (Fsp3) is 0.833. The number of rotatable bonds is 1. The van der Waals surface area contributed by atoms with Gasteiger partial charge in [0.15, 0.2) is 6.23 Å².